The minimum absolute atomic E-state index is 0.0568. The van der Waals surface area contributed by atoms with Gasteiger partial charge in [0.1, 0.15) is 29.1 Å². The Balaban J connectivity index is 1.77. The molecule has 0 aromatic heterocycles. The molecular formula is C26H24N4O3. The van der Waals surface area contributed by atoms with Crippen LogP contribution in [0.2, 0.25) is 0 Å². The summed E-state index contributed by atoms with van der Waals surface area (Å²) in [5.41, 5.74) is 8.12. The zero-order chi connectivity index (χ0) is 23.4. The average molecular weight is 441 g/mol. The lowest BCUT2D eigenvalue weighted by Gasteiger charge is -2.35. The molecule has 1 amide bonds. The van der Waals surface area contributed by atoms with Crippen LogP contribution in [0.1, 0.15) is 17.2 Å². The molecule has 7 nitrogen and oxygen atoms in total. The summed E-state index contributed by atoms with van der Waals surface area (Å²) in [6.45, 7) is 3.86. The van der Waals surface area contributed by atoms with E-state index in [1.807, 2.05) is 65.6 Å². The summed E-state index contributed by atoms with van der Waals surface area (Å²) in [6, 6.07) is 23.3. The molecule has 7 heteroatoms. The average Bonchev–Trinajstić information content (AvgIpc) is 2.84. The molecule has 1 unspecified atom stereocenters. The third-order valence-corrected chi connectivity index (χ3v) is 5.21. The molecule has 166 valence electrons. The topological polar surface area (TPSA) is 101 Å². The monoisotopic (exact) mass is 440 g/mol. The number of ether oxygens (including phenoxy) is 2. The number of carbonyl (C=O) groups excluding carboxylic acids is 1. The van der Waals surface area contributed by atoms with Crippen molar-refractivity contribution in [2.45, 2.75) is 6.04 Å². The maximum atomic E-state index is 13.3. The Bertz CT molecular complexity index is 1240. The van der Waals surface area contributed by atoms with Crippen molar-refractivity contribution >= 4 is 17.4 Å². The number of amides is 1. The van der Waals surface area contributed by atoms with E-state index in [2.05, 4.69) is 11.9 Å². The second kappa shape index (κ2) is 9.32. The van der Waals surface area contributed by atoms with E-state index < -0.39 is 6.04 Å². The highest BCUT2D eigenvalue weighted by Gasteiger charge is 2.33. The molecule has 3 aromatic carbocycles. The third-order valence-electron chi connectivity index (χ3n) is 5.21. The lowest BCUT2D eigenvalue weighted by molar-refractivity contribution is -0.122. The number of nitrogens with zero attached hydrogens (tertiary/aromatic N) is 1. The maximum Gasteiger partial charge on any atom is 0.252 e. The number of amidine groups is 1. The van der Waals surface area contributed by atoms with Gasteiger partial charge in [-0.3, -0.25) is 10.2 Å². The van der Waals surface area contributed by atoms with Crippen LogP contribution in [0.5, 0.6) is 11.5 Å². The lowest BCUT2D eigenvalue weighted by Crippen LogP contribution is -2.43. The number of para-hydroxylation sites is 1. The highest BCUT2D eigenvalue weighted by molar-refractivity contribution is 5.96. The molecule has 0 saturated heterocycles. The molecule has 0 aliphatic carbocycles. The first kappa shape index (κ1) is 21.7. The van der Waals surface area contributed by atoms with Gasteiger partial charge in [0.25, 0.3) is 5.91 Å². The summed E-state index contributed by atoms with van der Waals surface area (Å²) in [7, 11) is 1.49. The minimum atomic E-state index is -0.695. The quantitative estimate of drug-likeness (QED) is 0.286. The largest absolute Gasteiger partial charge is 0.495 e. The summed E-state index contributed by atoms with van der Waals surface area (Å²) in [4.78, 5) is 15.1. The fraction of sp³-hybridized carbons (Fsp3) is 0.0769. The molecule has 4 rings (SSSR count). The van der Waals surface area contributed by atoms with Gasteiger partial charge >= 0.3 is 0 Å². The van der Waals surface area contributed by atoms with Gasteiger partial charge in [-0.25, -0.2) is 0 Å². The SMILES string of the molecule is C=C(OC)C1=CN(c2cccc(C(=N)N)c2)C(c2cccc(Oc3ccccc3)c2)C(=O)N1. The minimum Gasteiger partial charge on any atom is -0.495 e. The van der Waals surface area contributed by atoms with Crippen molar-refractivity contribution in [1.82, 2.24) is 5.32 Å². The second-order valence-electron chi connectivity index (χ2n) is 7.42. The molecule has 0 saturated carbocycles. The predicted molar refractivity (Wildman–Crippen MR) is 128 cm³/mol. The van der Waals surface area contributed by atoms with Crippen molar-refractivity contribution < 1.29 is 14.3 Å². The lowest BCUT2D eigenvalue weighted by atomic mass is 10.0. The van der Waals surface area contributed by atoms with Crippen LogP contribution in [0.4, 0.5) is 5.69 Å². The molecule has 1 aliphatic rings. The molecular weight excluding hydrogens is 416 g/mol. The molecule has 4 N–H and O–H groups in total. The maximum absolute atomic E-state index is 13.3. The van der Waals surface area contributed by atoms with Gasteiger partial charge < -0.3 is 25.4 Å². The molecule has 0 radical (unpaired) electrons. The van der Waals surface area contributed by atoms with Crippen LogP contribution in [0.25, 0.3) is 0 Å². The first-order chi connectivity index (χ1) is 16.0. The predicted octanol–water partition coefficient (Wildman–Crippen LogP) is 4.44. The molecule has 0 fully saturated rings. The molecule has 0 spiro atoms. The zero-order valence-electron chi connectivity index (χ0n) is 18.1. The number of rotatable bonds is 7. The Morgan fingerprint density at radius 1 is 1.03 bits per heavy atom. The fourth-order valence-electron chi connectivity index (χ4n) is 3.57. The Hall–Kier alpha value is -4.52. The summed E-state index contributed by atoms with van der Waals surface area (Å²) < 4.78 is 11.2. The fourth-order valence-corrected chi connectivity index (χ4v) is 3.57. The molecule has 33 heavy (non-hydrogen) atoms. The van der Waals surface area contributed by atoms with E-state index >= 15 is 0 Å². The Morgan fingerprint density at radius 3 is 2.48 bits per heavy atom. The van der Waals surface area contributed by atoms with Crippen molar-refractivity contribution in [2.75, 3.05) is 12.0 Å². The Morgan fingerprint density at radius 2 is 1.76 bits per heavy atom. The number of methoxy groups -OCH3 is 1. The van der Waals surface area contributed by atoms with Crippen LogP contribution in [0, 0.1) is 5.41 Å². The first-order valence-corrected chi connectivity index (χ1v) is 10.3. The highest BCUT2D eigenvalue weighted by atomic mass is 16.5. The van der Waals surface area contributed by atoms with Crippen LogP contribution in [-0.4, -0.2) is 18.9 Å². The van der Waals surface area contributed by atoms with Crippen molar-refractivity contribution in [2.24, 2.45) is 5.73 Å². The van der Waals surface area contributed by atoms with Crippen molar-refractivity contribution in [3.63, 3.8) is 0 Å². The van der Waals surface area contributed by atoms with E-state index in [0.29, 0.717) is 34.2 Å². The van der Waals surface area contributed by atoms with E-state index in [1.165, 1.54) is 7.11 Å². The third kappa shape index (κ3) is 4.72. The molecule has 1 aliphatic heterocycles. The van der Waals surface area contributed by atoms with Gasteiger partial charge in [0.05, 0.1) is 12.8 Å². The molecule has 3 aromatic rings. The van der Waals surface area contributed by atoms with Crippen LogP contribution >= 0.6 is 0 Å². The first-order valence-electron chi connectivity index (χ1n) is 10.3. The number of hydrogen-bond donors (Lipinski definition) is 3. The number of anilines is 1. The number of carbonyl (C=O) groups is 1. The van der Waals surface area contributed by atoms with Gasteiger partial charge in [-0.15, -0.1) is 0 Å². The van der Waals surface area contributed by atoms with Gasteiger partial charge in [-0.2, -0.15) is 0 Å². The smallest absolute Gasteiger partial charge is 0.252 e. The van der Waals surface area contributed by atoms with E-state index in [-0.39, 0.29) is 11.7 Å². The van der Waals surface area contributed by atoms with Crippen molar-refractivity contribution in [3.8, 4) is 11.5 Å². The second-order valence-corrected chi connectivity index (χ2v) is 7.42. The van der Waals surface area contributed by atoms with Gasteiger partial charge in [0.2, 0.25) is 0 Å². The van der Waals surface area contributed by atoms with Gasteiger partial charge in [0, 0.05) is 17.5 Å². The number of nitrogens with one attached hydrogen (secondary N) is 2. The molecule has 1 atom stereocenters. The summed E-state index contributed by atoms with van der Waals surface area (Å²) in [5.74, 6) is 1.33. The zero-order valence-corrected chi connectivity index (χ0v) is 18.1. The molecule has 1 heterocycles. The normalized spacial score (nSPS) is 15.3. The highest BCUT2D eigenvalue weighted by Crippen LogP contribution is 2.34. The Kier molecular flexibility index (Phi) is 6.13. The van der Waals surface area contributed by atoms with E-state index in [0.717, 1.165) is 5.56 Å². The van der Waals surface area contributed by atoms with E-state index in [1.54, 1.807) is 24.4 Å². The van der Waals surface area contributed by atoms with Crippen molar-refractivity contribution in [1.29, 1.82) is 5.41 Å². The standard InChI is InChI=1S/C26H24N4O3/c1-17(32-2)23-16-30(20-10-6-9-19(14-20)25(27)28)24(26(31)29-23)18-8-7-13-22(15-18)33-21-11-4-3-5-12-21/h3-16,24H,1H2,2H3,(H3,27,28)(H,29,31). The number of nitrogen functional groups attached to an aromatic ring is 1. The summed E-state index contributed by atoms with van der Waals surface area (Å²) in [5, 5.41) is 10.7. The summed E-state index contributed by atoms with van der Waals surface area (Å²) in [6.07, 6.45) is 1.77. The van der Waals surface area contributed by atoms with Crippen LogP contribution < -0.4 is 20.7 Å². The van der Waals surface area contributed by atoms with Gasteiger partial charge in [-0.05, 0) is 42.0 Å². The van der Waals surface area contributed by atoms with Gasteiger partial charge in [0.15, 0.2) is 0 Å². The van der Waals surface area contributed by atoms with E-state index in [9.17, 15) is 4.79 Å². The van der Waals surface area contributed by atoms with Crippen LogP contribution in [0.3, 0.4) is 0 Å². The van der Waals surface area contributed by atoms with Gasteiger partial charge in [-0.1, -0.05) is 49.0 Å². The van der Waals surface area contributed by atoms with Crippen LogP contribution in [0.15, 0.2) is 103 Å². The van der Waals surface area contributed by atoms with E-state index in [4.69, 9.17) is 20.6 Å². The number of nitrogens with two attached hydrogens (primary N) is 1. The van der Waals surface area contributed by atoms with Crippen molar-refractivity contribution in [3.05, 3.63) is 114 Å². The van der Waals surface area contributed by atoms with Crippen LogP contribution in [-0.2, 0) is 9.53 Å². The Labute approximate surface area is 192 Å². The number of benzene rings is 3. The summed E-state index contributed by atoms with van der Waals surface area (Å²) >= 11 is 0. The molecule has 0 bridgehead atoms. The number of hydrogen-bond acceptors (Lipinski definition) is 5.